The van der Waals surface area contributed by atoms with E-state index in [0.717, 1.165) is 27.0 Å². The lowest BCUT2D eigenvalue weighted by molar-refractivity contribution is -0.0498. The van der Waals surface area contributed by atoms with Crippen molar-refractivity contribution in [1.29, 1.82) is 0 Å². The second-order valence-electron chi connectivity index (χ2n) is 6.57. The monoisotopic (exact) mass is 444 g/mol. The van der Waals surface area contributed by atoms with Crippen molar-refractivity contribution < 1.29 is 13.5 Å². The molecule has 2 heterocycles. The van der Waals surface area contributed by atoms with Crippen molar-refractivity contribution in [1.82, 2.24) is 19.7 Å². The molecule has 0 unspecified atom stereocenters. The van der Waals surface area contributed by atoms with E-state index in [0.29, 0.717) is 11.6 Å². The second-order valence-corrected chi connectivity index (χ2v) is 8.37. The van der Waals surface area contributed by atoms with E-state index in [4.69, 9.17) is 4.98 Å². The maximum atomic E-state index is 12.3. The molecular weight excluding hydrogens is 426 g/mol. The Morgan fingerprint density at radius 1 is 1.03 bits per heavy atom. The minimum Gasteiger partial charge on any atom is -0.435 e. The number of thiazole rings is 1. The van der Waals surface area contributed by atoms with Crippen LogP contribution in [0.4, 0.5) is 8.78 Å². The Morgan fingerprint density at radius 3 is 2.43 bits per heavy atom. The van der Waals surface area contributed by atoms with Gasteiger partial charge < -0.3 is 9.30 Å². The first kappa shape index (κ1) is 20.5. The van der Waals surface area contributed by atoms with Gasteiger partial charge in [0.2, 0.25) is 0 Å². The van der Waals surface area contributed by atoms with Gasteiger partial charge in [-0.2, -0.15) is 8.78 Å². The fraction of sp³-hybridized carbons (Fsp3) is 0.190. The number of alkyl halides is 2. The smallest absolute Gasteiger partial charge is 0.387 e. The first-order valence-electron chi connectivity index (χ1n) is 9.08. The first-order valence-corrected chi connectivity index (χ1v) is 10.9. The van der Waals surface area contributed by atoms with E-state index in [1.165, 1.54) is 17.7 Å². The third-order valence-electron chi connectivity index (χ3n) is 4.37. The Hall–Kier alpha value is -2.78. The van der Waals surface area contributed by atoms with Crippen LogP contribution in [0.2, 0.25) is 0 Å². The van der Waals surface area contributed by atoms with Crippen molar-refractivity contribution in [2.24, 2.45) is 7.05 Å². The molecule has 0 aliphatic rings. The Balaban J connectivity index is 1.43. The van der Waals surface area contributed by atoms with Crippen LogP contribution < -0.4 is 4.74 Å². The number of nitrogens with zero attached hydrogens (tertiary/aromatic N) is 4. The zero-order chi connectivity index (χ0) is 21.1. The minimum atomic E-state index is -2.84. The number of rotatable bonds is 7. The predicted octanol–water partition coefficient (Wildman–Crippen LogP) is 5.81. The van der Waals surface area contributed by atoms with Gasteiger partial charge in [-0.25, -0.2) is 4.98 Å². The number of hydrogen-bond acceptors (Lipinski definition) is 6. The Kier molecular flexibility index (Phi) is 6.10. The summed E-state index contributed by atoms with van der Waals surface area (Å²) in [7, 11) is 1.88. The summed E-state index contributed by atoms with van der Waals surface area (Å²) >= 11 is 3.17. The van der Waals surface area contributed by atoms with Crippen molar-refractivity contribution in [2.75, 3.05) is 0 Å². The molecule has 4 aromatic rings. The molecule has 0 amide bonds. The van der Waals surface area contributed by atoms with Gasteiger partial charge in [0, 0.05) is 29.3 Å². The normalized spacial score (nSPS) is 11.2. The van der Waals surface area contributed by atoms with Crippen LogP contribution in [0.15, 0.2) is 59.1 Å². The van der Waals surface area contributed by atoms with Crippen molar-refractivity contribution >= 4 is 23.1 Å². The number of halogens is 2. The van der Waals surface area contributed by atoms with Crippen LogP contribution in [-0.4, -0.2) is 26.4 Å². The maximum absolute atomic E-state index is 12.3. The first-order chi connectivity index (χ1) is 14.5. The molecular formula is C21H18F2N4OS2. The highest BCUT2D eigenvalue weighted by Crippen LogP contribution is 2.29. The Labute approximate surface area is 180 Å². The van der Waals surface area contributed by atoms with Crippen LogP contribution in [0.1, 0.15) is 11.3 Å². The molecule has 0 radical (unpaired) electrons. The highest BCUT2D eigenvalue weighted by molar-refractivity contribution is 7.98. The summed E-state index contributed by atoms with van der Waals surface area (Å²) in [5.41, 5.74) is 4.09. The van der Waals surface area contributed by atoms with E-state index in [1.54, 1.807) is 35.2 Å². The Morgan fingerprint density at radius 2 is 1.73 bits per heavy atom. The van der Waals surface area contributed by atoms with E-state index in [9.17, 15) is 8.78 Å². The second kappa shape index (κ2) is 8.93. The quantitative estimate of drug-likeness (QED) is 0.337. The number of aryl methyl sites for hydroxylation is 1. The van der Waals surface area contributed by atoms with Gasteiger partial charge in [-0.3, -0.25) is 0 Å². The zero-order valence-electron chi connectivity index (χ0n) is 16.3. The highest BCUT2D eigenvalue weighted by Gasteiger charge is 2.13. The molecule has 0 aliphatic carbocycles. The van der Waals surface area contributed by atoms with Gasteiger partial charge in [0.25, 0.3) is 0 Å². The molecule has 0 N–H and O–H groups in total. The number of aromatic nitrogens is 4. The lowest BCUT2D eigenvalue weighted by Crippen LogP contribution is -2.01. The highest BCUT2D eigenvalue weighted by atomic mass is 32.2. The molecule has 9 heteroatoms. The van der Waals surface area contributed by atoms with Crippen molar-refractivity contribution in [3.63, 3.8) is 0 Å². The summed E-state index contributed by atoms with van der Waals surface area (Å²) < 4.78 is 30.8. The van der Waals surface area contributed by atoms with Crippen LogP contribution in [0, 0.1) is 6.92 Å². The van der Waals surface area contributed by atoms with E-state index >= 15 is 0 Å². The standard InChI is InChI=1S/C21H18F2N4OS2/c1-13-3-5-15(6-4-13)19-24-16(11-29-19)12-30-21-26-25-18(27(21)2)14-7-9-17(10-8-14)28-20(22)23/h3-11,20H,12H2,1-2H3. The summed E-state index contributed by atoms with van der Waals surface area (Å²) in [6, 6.07) is 14.7. The molecule has 0 spiro atoms. The lowest BCUT2D eigenvalue weighted by Gasteiger charge is -2.06. The largest absolute Gasteiger partial charge is 0.435 e. The molecule has 0 saturated heterocycles. The average Bonchev–Trinajstić information content (AvgIpc) is 3.34. The van der Waals surface area contributed by atoms with E-state index < -0.39 is 6.61 Å². The van der Waals surface area contributed by atoms with Crippen LogP contribution in [0.3, 0.4) is 0 Å². The van der Waals surface area contributed by atoms with Gasteiger partial charge >= 0.3 is 6.61 Å². The Bertz CT molecular complexity index is 1120. The molecule has 0 atom stereocenters. The number of thioether (sulfide) groups is 1. The number of ether oxygens (including phenoxy) is 1. The van der Waals surface area contributed by atoms with E-state index in [2.05, 4.69) is 51.5 Å². The summed E-state index contributed by atoms with van der Waals surface area (Å²) in [6.45, 7) is -0.778. The topological polar surface area (TPSA) is 52.8 Å². The summed E-state index contributed by atoms with van der Waals surface area (Å²) in [5.74, 6) is 1.44. The molecule has 0 aliphatic heterocycles. The van der Waals surface area contributed by atoms with Crippen LogP contribution in [0.5, 0.6) is 5.75 Å². The third kappa shape index (κ3) is 4.68. The molecule has 2 aromatic heterocycles. The number of hydrogen-bond donors (Lipinski definition) is 0. The van der Waals surface area contributed by atoms with Crippen molar-refractivity contribution in [3.05, 3.63) is 65.2 Å². The van der Waals surface area contributed by atoms with Gasteiger partial charge in [-0.05, 0) is 31.2 Å². The molecule has 0 bridgehead atoms. The minimum absolute atomic E-state index is 0.110. The van der Waals surface area contributed by atoms with Crippen LogP contribution in [0.25, 0.3) is 22.0 Å². The number of benzene rings is 2. The molecule has 2 aromatic carbocycles. The fourth-order valence-electron chi connectivity index (χ4n) is 2.82. The predicted molar refractivity (Wildman–Crippen MR) is 115 cm³/mol. The maximum Gasteiger partial charge on any atom is 0.387 e. The van der Waals surface area contributed by atoms with Gasteiger partial charge in [-0.15, -0.1) is 21.5 Å². The molecule has 0 fully saturated rings. The SMILES string of the molecule is Cc1ccc(-c2nc(CSc3nnc(-c4ccc(OC(F)F)cc4)n3C)cs2)cc1. The van der Waals surface area contributed by atoms with Gasteiger partial charge in [0.1, 0.15) is 10.8 Å². The van der Waals surface area contributed by atoms with Crippen molar-refractivity contribution in [3.8, 4) is 27.7 Å². The molecule has 4 rings (SSSR count). The van der Waals surface area contributed by atoms with E-state index in [1.807, 2.05) is 11.6 Å². The third-order valence-corrected chi connectivity index (χ3v) is 6.37. The van der Waals surface area contributed by atoms with Gasteiger partial charge in [-0.1, -0.05) is 41.6 Å². The van der Waals surface area contributed by atoms with Crippen molar-refractivity contribution in [2.45, 2.75) is 24.4 Å². The zero-order valence-corrected chi connectivity index (χ0v) is 17.9. The molecule has 0 saturated carbocycles. The van der Waals surface area contributed by atoms with E-state index in [-0.39, 0.29) is 5.75 Å². The van der Waals surface area contributed by atoms with Crippen LogP contribution in [-0.2, 0) is 12.8 Å². The molecule has 5 nitrogen and oxygen atoms in total. The molecule has 154 valence electrons. The summed E-state index contributed by atoms with van der Waals surface area (Å²) in [6.07, 6.45) is 0. The summed E-state index contributed by atoms with van der Waals surface area (Å²) in [4.78, 5) is 4.72. The van der Waals surface area contributed by atoms with Crippen LogP contribution >= 0.6 is 23.1 Å². The van der Waals surface area contributed by atoms with Gasteiger partial charge in [0.15, 0.2) is 11.0 Å². The fourth-order valence-corrected chi connectivity index (χ4v) is 4.55. The summed E-state index contributed by atoms with van der Waals surface area (Å²) in [5, 5.41) is 12.3. The molecule has 30 heavy (non-hydrogen) atoms. The average molecular weight is 445 g/mol. The van der Waals surface area contributed by atoms with Gasteiger partial charge in [0.05, 0.1) is 5.69 Å². The lowest BCUT2D eigenvalue weighted by atomic mass is 10.2.